The van der Waals surface area contributed by atoms with E-state index >= 15 is 0 Å². The van der Waals surface area contributed by atoms with Crippen molar-refractivity contribution in [3.05, 3.63) is 107 Å². The zero-order chi connectivity index (χ0) is 21.2. The zero-order valence-electron chi connectivity index (χ0n) is 17.4. The Labute approximate surface area is 178 Å². The van der Waals surface area contributed by atoms with Crippen LogP contribution in [0.25, 0.3) is 11.1 Å². The molecule has 0 heterocycles. The largest absolute Gasteiger partial charge is 0.206 e. The van der Waals surface area contributed by atoms with Crippen LogP contribution in [0.2, 0.25) is 0 Å². The van der Waals surface area contributed by atoms with Crippen LogP contribution in [-0.2, 0) is 6.42 Å². The molecular formula is C27H27FN2. The monoisotopic (exact) mass is 398 g/mol. The maximum absolute atomic E-state index is 14.5. The lowest BCUT2D eigenvalue weighted by atomic mass is 10.0. The Morgan fingerprint density at radius 1 is 0.900 bits per heavy atom. The molecule has 3 heteroatoms. The number of hydrogen-bond donors (Lipinski definition) is 0. The summed E-state index contributed by atoms with van der Waals surface area (Å²) in [6, 6.07) is 21.2. The molecule has 0 spiro atoms. The number of aryl methyl sites for hydroxylation is 2. The highest BCUT2D eigenvalue weighted by atomic mass is 19.1. The smallest absolute Gasteiger partial charge is 0.131 e. The summed E-state index contributed by atoms with van der Waals surface area (Å²) in [5.41, 5.74) is 5.60. The normalized spacial score (nSPS) is 11.4. The van der Waals surface area contributed by atoms with Gasteiger partial charge in [-0.1, -0.05) is 72.3 Å². The highest BCUT2D eigenvalue weighted by Gasteiger charge is 2.05. The fraction of sp³-hybridized carbons (Fsp3) is 0.185. The van der Waals surface area contributed by atoms with Crippen molar-refractivity contribution in [3.63, 3.8) is 0 Å². The molecular weight excluding hydrogens is 371 g/mol. The molecule has 0 amide bonds. The zero-order valence-corrected chi connectivity index (χ0v) is 17.4. The molecule has 0 fully saturated rings. The van der Waals surface area contributed by atoms with E-state index in [2.05, 4.69) is 22.8 Å². The van der Waals surface area contributed by atoms with Crippen LogP contribution in [0.4, 0.5) is 4.39 Å². The molecule has 0 saturated heterocycles. The summed E-state index contributed by atoms with van der Waals surface area (Å²) >= 11 is 0. The van der Waals surface area contributed by atoms with Gasteiger partial charge in [0.25, 0.3) is 0 Å². The van der Waals surface area contributed by atoms with Gasteiger partial charge in [0, 0.05) is 5.56 Å². The summed E-state index contributed by atoms with van der Waals surface area (Å²) in [6.07, 6.45) is 9.59. The van der Waals surface area contributed by atoms with E-state index in [1.165, 1.54) is 11.6 Å². The molecule has 3 aromatic carbocycles. The molecule has 0 bridgehead atoms. The maximum atomic E-state index is 14.5. The standard InChI is InChI=1S/C27H27FN2/c1-3-4-5-6-9-23-10-7-8-11-25(23)20-30-29-19-22-14-17-26(27(28)18-22)24-15-12-21(2)13-16-24/h3,7-8,10-20H,1,4-6,9H2,2H3. The average Bonchev–Trinajstić information content (AvgIpc) is 2.76. The van der Waals surface area contributed by atoms with Gasteiger partial charge in [0.05, 0.1) is 12.4 Å². The molecule has 2 nitrogen and oxygen atoms in total. The van der Waals surface area contributed by atoms with Gasteiger partial charge in [0.2, 0.25) is 0 Å². The van der Waals surface area contributed by atoms with E-state index in [1.807, 2.05) is 61.5 Å². The van der Waals surface area contributed by atoms with Crippen LogP contribution in [0.3, 0.4) is 0 Å². The maximum Gasteiger partial charge on any atom is 0.131 e. The molecule has 0 aromatic heterocycles. The third-order valence-electron chi connectivity index (χ3n) is 4.99. The van der Waals surface area contributed by atoms with Crippen molar-refractivity contribution >= 4 is 12.4 Å². The van der Waals surface area contributed by atoms with Crippen LogP contribution in [0.5, 0.6) is 0 Å². The number of halogens is 1. The average molecular weight is 399 g/mol. The Kier molecular flexibility index (Phi) is 7.85. The van der Waals surface area contributed by atoms with Crippen LogP contribution in [0.1, 0.15) is 41.5 Å². The van der Waals surface area contributed by atoms with Crippen LogP contribution >= 0.6 is 0 Å². The van der Waals surface area contributed by atoms with Gasteiger partial charge in [-0.3, -0.25) is 0 Å². The van der Waals surface area contributed by atoms with Crippen LogP contribution < -0.4 is 0 Å². The number of benzene rings is 3. The third kappa shape index (κ3) is 6.08. The number of nitrogens with zero attached hydrogens (tertiary/aromatic N) is 2. The van der Waals surface area contributed by atoms with Crippen molar-refractivity contribution < 1.29 is 4.39 Å². The van der Waals surface area contributed by atoms with E-state index in [9.17, 15) is 4.39 Å². The molecule has 0 N–H and O–H groups in total. The topological polar surface area (TPSA) is 24.7 Å². The summed E-state index contributed by atoms with van der Waals surface area (Å²) < 4.78 is 14.5. The lowest BCUT2D eigenvalue weighted by Gasteiger charge is -2.05. The van der Waals surface area contributed by atoms with E-state index in [1.54, 1.807) is 18.5 Å². The van der Waals surface area contributed by atoms with Gasteiger partial charge in [-0.2, -0.15) is 10.2 Å². The molecule has 0 aliphatic rings. The second-order valence-corrected chi connectivity index (χ2v) is 7.33. The first kappa shape index (κ1) is 21.4. The first-order valence-electron chi connectivity index (χ1n) is 10.3. The minimum atomic E-state index is -0.267. The Balaban J connectivity index is 1.65. The molecule has 0 saturated carbocycles. The second-order valence-electron chi connectivity index (χ2n) is 7.33. The molecule has 0 unspecified atom stereocenters. The third-order valence-corrected chi connectivity index (χ3v) is 4.99. The Morgan fingerprint density at radius 2 is 1.67 bits per heavy atom. The minimum Gasteiger partial charge on any atom is -0.206 e. The van der Waals surface area contributed by atoms with Crippen molar-refractivity contribution in [3.8, 4) is 11.1 Å². The summed E-state index contributed by atoms with van der Waals surface area (Å²) in [6.45, 7) is 5.78. The summed E-state index contributed by atoms with van der Waals surface area (Å²) in [5, 5.41) is 8.28. The van der Waals surface area contributed by atoms with E-state index in [0.29, 0.717) is 11.1 Å². The SMILES string of the molecule is C=CCCCCc1ccccc1C=NN=Cc1ccc(-c2ccc(C)cc2)c(F)c1. The second kappa shape index (κ2) is 11.0. The van der Waals surface area contributed by atoms with Gasteiger partial charge in [-0.05, 0) is 60.9 Å². The van der Waals surface area contributed by atoms with E-state index in [0.717, 1.165) is 42.4 Å². The lowest BCUT2D eigenvalue weighted by Crippen LogP contribution is -1.93. The van der Waals surface area contributed by atoms with Crippen molar-refractivity contribution in [2.24, 2.45) is 10.2 Å². The van der Waals surface area contributed by atoms with Crippen molar-refractivity contribution in [2.75, 3.05) is 0 Å². The molecule has 0 aliphatic carbocycles. The van der Waals surface area contributed by atoms with E-state index < -0.39 is 0 Å². The van der Waals surface area contributed by atoms with Crippen molar-refractivity contribution in [1.82, 2.24) is 0 Å². The van der Waals surface area contributed by atoms with Crippen molar-refractivity contribution in [2.45, 2.75) is 32.6 Å². The van der Waals surface area contributed by atoms with Gasteiger partial charge in [-0.25, -0.2) is 4.39 Å². The molecule has 30 heavy (non-hydrogen) atoms. The van der Waals surface area contributed by atoms with Crippen LogP contribution in [-0.4, -0.2) is 12.4 Å². The number of allylic oxidation sites excluding steroid dienone is 1. The Bertz CT molecular complexity index is 1030. The minimum absolute atomic E-state index is 0.267. The number of unbranched alkanes of at least 4 members (excludes halogenated alkanes) is 2. The first-order chi connectivity index (χ1) is 14.7. The van der Waals surface area contributed by atoms with Crippen LogP contribution in [0, 0.1) is 12.7 Å². The van der Waals surface area contributed by atoms with Gasteiger partial charge >= 0.3 is 0 Å². The van der Waals surface area contributed by atoms with Gasteiger partial charge in [0.15, 0.2) is 0 Å². The Hall–Kier alpha value is -3.33. The van der Waals surface area contributed by atoms with Gasteiger partial charge in [0.1, 0.15) is 5.82 Å². The lowest BCUT2D eigenvalue weighted by molar-refractivity contribution is 0.631. The molecule has 3 aromatic rings. The number of hydrogen-bond acceptors (Lipinski definition) is 2. The van der Waals surface area contributed by atoms with E-state index in [4.69, 9.17) is 0 Å². The summed E-state index contributed by atoms with van der Waals surface area (Å²) in [5.74, 6) is -0.267. The fourth-order valence-corrected chi connectivity index (χ4v) is 3.27. The molecule has 0 atom stereocenters. The molecule has 0 aliphatic heterocycles. The Morgan fingerprint density at radius 3 is 2.43 bits per heavy atom. The first-order valence-corrected chi connectivity index (χ1v) is 10.3. The molecule has 152 valence electrons. The van der Waals surface area contributed by atoms with Gasteiger partial charge < -0.3 is 0 Å². The summed E-state index contributed by atoms with van der Waals surface area (Å²) in [7, 11) is 0. The fourth-order valence-electron chi connectivity index (χ4n) is 3.27. The highest BCUT2D eigenvalue weighted by molar-refractivity contribution is 5.84. The van der Waals surface area contributed by atoms with Gasteiger partial charge in [-0.15, -0.1) is 6.58 Å². The van der Waals surface area contributed by atoms with E-state index in [-0.39, 0.29) is 5.82 Å². The highest BCUT2D eigenvalue weighted by Crippen LogP contribution is 2.23. The number of rotatable bonds is 9. The van der Waals surface area contributed by atoms with Crippen LogP contribution in [0.15, 0.2) is 89.6 Å². The predicted molar refractivity (Wildman–Crippen MR) is 126 cm³/mol. The quantitative estimate of drug-likeness (QED) is 0.158. The molecule has 0 radical (unpaired) electrons. The predicted octanol–water partition coefficient (Wildman–Crippen LogP) is 7.15. The molecule has 3 rings (SSSR count). The summed E-state index contributed by atoms with van der Waals surface area (Å²) in [4.78, 5) is 0. The van der Waals surface area contributed by atoms with Crippen molar-refractivity contribution in [1.29, 1.82) is 0 Å².